The van der Waals surface area contributed by atoms with Crippen LogP contribution < -0.4 is 5.73 Å². The lowest BCUT2D eigenvalue weighted by molar-refractivity contribution is 0.0880. The Labute approximate surface area is 107 Å². The van der Waals surface area contributed by atoms with Crippen molar-refractivity contribution in [1.29, 1.82) is 0 Å². The molecule has 1 fully saturated rings. The van der Waals surface area contributed by atoms with Gasteiger partial charge in [0.25, 0.3) is 0 Å². The zero-order valence-corrected chi connectivity index (χ0v) is 10.6. The third kappa shape index (κ3) is 2.98. The summed E-state index contributed by atoms with van der Waals surface area (Å²) in [4.78, 5) is 4.53. The summed E-state index contributed by atoms with van der Waals surface area (Å²) in [5.74, 6) is -0.863. The normalized spacial score (nSPS) is 22.3. The average molecular weight is 253 g/mol. The fourth-order valence-electron chi connectivity index (χ4n) is 2.36. The van der Waals surface area contributed by atoms with Gasteiger partial charge in [-0.1, -0.05) is 6.07 Å². The molecule has 1 unspecified atom stereocenters. The number of nitrogens with two attached hydrogens (primary N) is 1. The molecule has 18 heavy (non-hydrogen) atoms. The fraction of sp³-hybridized carbons (Fsp3) is 0.538. The Balaban J connectivity index is 2.05. The summed E-state index contributed by atoms with van der Waals surface area (Å²) in [7, 11) is 2.08. The third-order valence-corrected chi connectivity index (χ3v) is 3.48. The summed E-state index contributed by atoms with van der Waals surface area (Å²) < 4.78 is 13.3. The van der Waals surface area contributed by atoms with Gasteiger partial charge in [0, 0.05) is 38.8 Å². The highest BCUT2D eigenvalue weighted by Gasteiger charge is 2.24. The highest BCUT2D eigenvalue weighted by molar-refractivity contribution is 5.28. The average Bonchev–Trinajstić information content (AvgIpc) is 2.36. The van der Waals surface area contributed by atoms with E-state index in [-0.39, 0.29) is 5.75 Å². The van der Waals surface area contributed by atoms with Gasteiger partial charge < -0.3 is 15.7 Å². The number of benzene rings is 1. The van der Waals surface area contributed by atoms with Crippen molar-refractivity contribution in [1.82, 2.24) is 9.80 Å². The fourth-order valence-corrected chi connectivity index (χ4v) is 2.36. The molecule has 1 aromatic carbocycles. The Hall–Kier alpha value is -1.17. The largest absolute Gasteiger partial charge is 0.505 e. The molecule has 4 nitrogen and oxygen atoms in total. The Morgan fingerprint density at radius 3 is 2.89 bits per heavy atom. The maximum atomic E-state index is 13.3. The molecule has 0 saturated carbocycles. The van der Waals surface area contributed by atoms with Crippen molar-refractivity contribution >= 4 is 0 Å². The Morgan fingerprint density at radius 1 is 1.44 bits per heavy atom. The van der Waals surface area contributed by atoms with Crippen LogP contribution in [0, 0.1) is 5.82 Å². The topological polar surface area (TPSA) is 52.7 Å². The van der Waals surface area contributed by atoms with Crippen molar-refractivity contribution in [3.05, 3.63) is 29.6 Å². The highest BCUT2D eigenvalue weighted by atomic mass is 19.1. The molecule has 0 aliphatic carbocycles. The second kappa shape index (κ2) is 5.65. The number of piperazine rings is 1. The molecular weight excluding hydrogens is 233 g/mol. The van der Waals surface area contributed by atoms with Crippen LogP contribution in [0.5, 0.6) is 5.75 Å². The molecule has 0 bridgehead atoms. The van der Waals surface area contributed by atoms with Crippen LogP contribution in [0.3, 0.4) is 0 Å². The number of nitrogens with zero attached hydrogens (tertiary/aromatic N) is 2. The summed E-state index contributed by atoms with van der Waals surface area (Å²) in [5, 5.41) is 9.17. The van der Waals surface area contributed by atoms with Crippen LogP contribution in [0.4, 0.5) is 4.39 Å². The molecule has 1 aliphatic rings. The molecule has 0 aromatic heterocycles. The van der Waals surface area contributed by atoms with E-state index in [9.17, 15) is 4.39 Å². The number of hydrogen-bond donors (Lipinski definition) is 2. The first-order valence-corrected chi connectivity index (χ1v) is 6.20. The second-order valence-electron chi connectivity index (χ2n) is 4.91. The van der Waals surface area contributed by atoms with Crippen molar-refractivity contribution in [2.45, 2.75) is 12.6 Å². The predicted octanol–water partition coefficient (Wildman–Crippen LogP) is 0.606. The molecule has 100 valence electrons. The van der Waals surface area contributed by atoms with Crippen LogP contribution in [0.15, 0.2) is 18.2 Å². The molecule has 0 amide bonds. The van der Waals surface area contributed by atoms with Gasteiger partial charge in [0.15, 0.2) is 11.6 Å². The van der Waals surface area contributed by atoms with E-state index < -0.39 is 5.82 Å². The summed E-state index contributed by atoms with van der Waals surface area (Å²) in [5.41, 5.74) is 6.65. The minimum atomic E-state index is -0.564. The van der Waals surface area contributed by atoms with E-state index in [0.29, 0.717) is 19.1 Å². The first-order valence-electron chi connectivity index (χ1n) is 6.20. The molecule has 1 saturated heterocycles. The van der Waals surface area contributed by atoms with Crippen LogP contribution >= 0.6 is 0 Å². The summed E-state index contributed by atoms with van der Waals surface area (Å²) >= 11 is 0. The Kier molecular flexibility index (Phi) is 4.16. The summed E-state index contributed by atoms with van der Waals surface area (Å²) in [6, 6.07) is 4.85. The van der Waals surface area contributed by atoms with E-state index in [0.717, 1.165) is 25.2 Å². The van der Waals surface area contributed by atoms with E-state index in [2.05, 4.69) is 16.8 Å². The molecule has 5 heteroatoms. The van der Waals surface area contributed by atoms with Gasteiger partial charge in [-0.15, -0.1) is 0 Å². The molecule has 1 aliphatic heterocycles. The number of halogens is 1. The third-order valence-electron chi connectivity index (χ3n) is 3.48. The molecule has 0 spiro atoms. The lowest BCUT2D eigenvalue weighted by atomic mass is 10.1. The van der Waals surface area contributed by atoms with E-state index in [1.807, 2.05) is 0 Å². The molecule has 1 aromatic rings. The van der Waals surface area contributed by atoms with Crippen LogP contribution in [0.25, 0.3) is 0 Å². The van der Waals surface area contributed by atoms with Gasteiger partial charge in [0.2, 0.25) is 0 Å². The minimum Gasteiger partial charge on any atom is -0.505 e. The standard InChI is InChI=1S/C13H20FN3O/c1-16-4-5-17(11(7-15)9-16)8-10-2-3-13(18)12(14)6-10/h2-3,6,11,18H,4-5,7-9,15H2,1H3. The van der Waals surface area contributed by atoms with E-state index in [1.165, 1.54) is 12.1 Å². The number of hydrogen-bond acceptors (Lipinski definition) is 4. The summed E-state index contributed by atoms with van der Waals surface area (Å²) in [6.07, 6.45) is 0. The Bertz CT molecular complexity index is 413. The van der Waals surface area contributed by atoms with E-state index in [4.69, 9.17) is 10.8 Å². The van der Waals surface area contributed by atoms with Crippen LogP contribution in [0.2, 0.25) is 0 Å². The van der Waals surface area contributed by atoms with Gasteiger partial charge in [0.1, 0.15) is 0 Å². The van der Waals surface area contributed by atoms with E-state index in [1.54, 1.807) is 6.07 Å². The first kappa shape index (κ1) is 13.3. The predicted molar refractivity (Wildman–Crippen MR) is 68.8 cm³/mol. The molecule has 1 atom stereocenters. The van der Waals surface area contributed by atoms with Crippen molar-refractivity contribution in [3.8, 4) is 5.75 Å². The lowest BCUT2D eigenvalue weighted by Crippen LogP contribution is -2.54. The van der Waals surface area contributed by atoms with Crippen LogP contribution in [-0.2, 0) is 6.54 Å². The quantitative estimate of drug-likeness (QED) is 0.828. The van der Waals surface area contributed by atoms with Crippen LogP contribution in [0.1, 0.15) is 5.56 Å². The zero-order valence-electron chi connectivity index (χ0n) is 10.6. The molecule has 3 N–H and O–H groups in total. The first-order chi connectivity index (χ1) is 8.60. The SMILES string of the molecule is CN1CCN(Cc2ccc(O)c(F)c2)C(CN)C1. The van der Waals surface area contributed by atoms with Crippen molar-refractivity contribution in [2.24, 2.45) is 5.73 Å². The number of phenols is 1. The van der Waals surface area contributed by atoms with Gasteiger partial charge in [0.05, 0.1) is 0 Å². The van der Waals surface area contributed by atoms with Crippen molar-refractivity contribution in [2.75, 3.05) is 33.2 Å². The van der Waals surface area contributed by atoms with Gasteiger partial charge >= 0.3 is 0 Å². The van der Waals surface area contributed by atoms with Crippen molar-refractivity contribution in [3.63, 3.8) is 0 Å². The van der Waals surface area contributed by atoms with Gasteiger partial charge in [-0.25, -0.2) is 4.39 Å². The maximum absolute atomic E-state index is 13.3. The number of aromatic hydroxyl groups is 1. The van der Waals surface area contributed by atoms with Gasteiger partial charge in [-0.05, 0) is 24.7 Å². The molecular formula is C13H20FN3O. The number of phenolic OH excluding ortho intramolecular Hbond substituents is 1. The summed E-state index contributed by atoms with van der Waals surface area (Å²) in [6.45, 7) is 4.15. The minimum absolute atomic E-state index is 0.299. The monoisotopic (exact) mass is 253 g/mol. The number of likely N-dealkylation sites (N-methyl/N-ethyl adjacent to an activating group) is 1. The Morgan fingerprint density at radius 2 is 2.22 bits per heavy atom. The van der Waals surface area contributed by atoms with E-state index >= 15 is 0 Å². The molecule has 1 heterocycles. The smallest absolute Gasteiger partial charge is 0.165 e. The van der Waals surface area contributed by atoms with Crippen LogP contribution in [-0.4, -0.2) is 54.2 Å². The zero-order chi connectivity index (χ0) is 13.1. The highest BCUT2D eigenvalue weighted by Crippen LogP contribution is 2.19. The maximum Gasteiger partial charge on any atom is 0.165 e. The van der Waals surface area contributed by atoms with Crippen molar-refractivity contribution < 1.29 is 9.50 Å². The lowest BCUT2D eigenvalue weighted by Gasteiger charge is -2.39. The molecule has 2 rings (SSSR count). The number of rotatable bonds is 3. The molecule has 0 radical (unpaired) electrons. The van der Waals surface area contributed by atoms with Gasteiger partial charge in [-0.2, -0.15) is 0 Å². The second-order valence-corrected chi connectivity index (χ2v) is 4.91. The van der Waals surface area contributed by atoms with Gasteiger partial charge in [-0.3, -0.25) is 4.90 Å².